The van der Waals surface area contributed by atoms with Gasteiger partial charge < -0.3 is 14.8 Å². The summed E-state index contributed by atoms with van der Waals surface area (Å²) in [6, 6.07) is 12.1. The van der Waals surface area contributed by atoms with Gasteiger partial charge in [-0.2, -0.15) is 8.78 Å². The van der Waals surface area contributed by atoms with Gasteiger partial charge in [-0.3, -0.25) is 0 Å². The molecule has 2 aromatic carbocycles. The Morgan fingerprint density at radius 3 is 2.54 bits per heavy atom. The number of H-pyrrole nitrogens is 1. The van der Waals surface area contributed by atoms with Gasteiger partial charge >= 0.3 is 6.61 Å². The number of aliphatic hydroxyl groups excluding tert-OH is 1. The van der Waals surface area contributed by atoms with Crippen LogP contribution >= 0.6 is 23.4 Å². The van der Waals surface area contributed by atoms with E-state index in [1.54, 1.807) is 12.1 Å². The Hall–Kier alpha value is -2.35. The highest BCUT2D eigenvalue weighted by molar-refractivity contribution is 7.99. The smallest absolute Gasteiger partial charge is 0.387 e. The van der Waals surface area contributed by atoms with Crippen molar-refractivity contribution in [2.45, 2.75) is 63.4 Å². The lowest BCUT2D eigenvalue weighted by atomic mass is 9.95. The molecule has 2 aliphatic carbocycles. The van der Waals surface area contributed by atoms with E-state index in [0.29, 0.717) is 34.5 Å². The number of aliphatic hydroxyl groups is 1. The molecule has 198 valence electrons. The number of nitrogens with zero attached hydrogens (tertiary/aromatic N) is 1. The minimum Gasteiger partial charge on any atom is -0.435 e. The summed E-state index contributed by atoms with van der Waals surface area (Å²) in [4.78, 5) is 9.42. The summed E-state index contributed by atoms with van der Waals surface area (Å²) in [5.74, 6) is 2.80. The van der Waals surface area contributed by atoms with Gasteiger partial charge in [0.2, 0.25) is 0 Å². The standard InChI is InChI=1S/C27H27ClF2N2O2S.C2H6/c28-22-14-24-23(13-21(22)20-3-1-2-4-25(20)34-27(29)30)31-26(32-24)19(11-12-33)17-7-9-18(10-8-17)35-15-16-5-6-16;1-2/h3-4,7-10,13-14,16,19,27,33H,1-2,5-6,11-12,15H2,(H,31,32);1-2H3. The second-order valence-corrected chi connectivity index (χ2v) is 10.5. The molecule has 1 heterocycles. The van der Waals surface area contributed by atoms with E-state index >= 15 is 0 Å². The van der Waals surface area contributed by atoms with Gasteiger partial charge in [-0.05, 0) is 73.9 Å². The number of alkyl halides is 2. The van der Waals surface area contributed by atoms with E-state index in [0.717, 1.165) is 29.2 Å². The number of benzene rings is 2. The summed E-state index contributed by atoms with van der Waals surface area (Å²) in [6.45, 7) is 1.12. The van der Waals surface area contributed by atoms with E-state index in [1.807, 2.05) is 37.8 Å². The molecule has 4 nitrogen and oxygen atoms in total. The lowest BCUT2D eigenvalue weighted by Gasteiger charge is -2.18. The number of thioether (sulfide) groups is 1. The van der Waals surface area contributed by atoms with Crippen LogP contribution in [0.15, 0.2) is 59.2 Å². The number of hydrogen-bond donors (Lipinski definition) is 2. The Balaban J connectivity index is 0.00000156. The Morgan fingerprint density at radius 2 is 1.86 bits per heavy atom. The summed E-state index contributed by atoms with van der Waals surface area (Å²) in [6.07, 6.45) is 8.11. The molecular weight excluding hydrogens is 514 g/mol. The third kappa shape index (κ3) is 6.95. The quantitative estimate of drug-likeness (QED) is 0.250. The molecule has 0 radical (unpaired) electrons. The van der Waals surface area contributed by atoms with Crippen LogP contribution in [-0.2, 0) is 4.74 Å². The van der Waals surface area contributed by atoms with Crippen molar-refractivity contribution in [3.8, 4) is 0 Å². The van der Waals surface area contributed by atoms with Gasteiger partial charge in [0.1, 0.15) is 11.6 Å². The fourth-order valence-electron chi connectivity index (χ4n) is 4.41. The number of imidazole rings is 1. The summed E-state index contributed by atoms with van der Waals surface area (Å²) in [7, 11) is 0. The summed E-state index contributed by atoms with van der Waals surface area (Å²) >= 11 is 8.47. The molecule has 1 saturated carbocycles. The highest BCUT2D eigenvalue weighted by atomic mass is 35.5. The first-order valence-corrected chi connectivity index (χ1v) is 14.3. The van der Waals surface area contributed by atoms with Crippen molar-refractivity contribution in [2.24, 2.45) is 5.92 Å². The number of halogens is 3. The van der Waals surface area contributed by atoms with E-state index in [-0.39, 0.29) is 18.3 Å². The van der Waals surface area contributed by atoms with E-state index in [9.17, 15) is 13.9 Å². The molecule has 8 heteroatoms. The molecule has 1 aromatic heterocycles. The molecule has 37 heavy (non-hydrogen) atoms. The Bertz CT molecular complexity index is 1250. The van der Waals surface area contributed by atoms with Crippen molar-refractivity contribution < 1.29 is 18.6 Å². The fourth-order valence-corrected chi connectivity index (χ4v) is 5.77. The van der Waals surface area contributed by atoms with Gasteiger partial charge in [-0.15, -0.1) is 11.8 Å². The fraction of sp³-hybridized carbons (Fsp3) is 0.414. The Morgan fingerprint density at radius 1 is 1.14 bits per heavy atom. The zero-order chi connectivity index (χ0) is 26.4. The van der Waals surface area contributed by atoms with Gasteiger partial charge in [-0.1, -0.05) is 43.7 Å². The van der Waals surface area contributed by atoms with Crippen LogP contribution in [0.4, 0.5) is 8.78 Å². The molecule has 1 unspecified atom stereocenters. The van der Waals surface area contributed by atoms with Gasteiger partial charge in [0.15, 0.2) is 0 Å². The van der Waals surface area contributed by atoms with Gasteiger partial charge in [0.25, 0.3) is 0 Å². The number of ether oxygens (including phenoxy) is 1. The largest absolute Gasteiger partial charge is 0.435 e. The van der Waals surface area contributed by atoms with Crippen LogP contribution in [0, 0.1) is 5.92 Å². The van der Waals surface area contributed by atoms with Crippen LogP contribution in [0.3, 0.4) is 0 Å². The highest BCUT2D eigenvalue weighted by Gasteiger charge is 2.23. The number of hydrogen-bond acceptors (Lipinski definition) is 4. The molecule has 2 N–H and O–H groups in total. The van der Waals surface area contributed by atoms with Crippen molar-refractivity contribution in [1.82, 2.24) is 9.97 Å². The number of aromatic amines is 1. The molecule has 1 fully saturated rings. The van der Waals surface area contributed by atoms with Crippen molar-refractivity contribution in [2.75, 3.05) is 12.4 Å². The molecule has 0 aliphatic heterocycles. The molecule has 2 aliphatic rings. The highest BCUT2D eigenvalue weighted by Crippen LogP contribution is 2.38. The van der Waals surface area contributed by atoms with Crippen molar-refractivity contribution in [3.63, 3.8) is 0 Å². The third-order valence-corrected chi connectivity index (χ3v) is 7.97. The average Bonchev–Trinajstić information content (AvgIpc) is 3.65. The van der Waals surface area contributed by atoms with E-state index in [4.69, 9.17) is 21.3 Å². The predicted molar refractivity (Wildman–Crippen MR) is 148 cm³/mol. The van der Waals surface area contributed by atoms with Crippen molar-refractivity contribution >= 4 is 40.0 Å². The van der Waals surface area contributed by atoms with Gasteiger partial charge in [0, 0.05) is 34.3 Å². The monoisotopic (exact) mass is 546 g/mol. The Labute approximate surface area is 226 Å². The first kappa shape index (κ1) is 27.7. The maximum Gasteiger partial charge on any atom is 0.387 e. The maximum atomic E-state index is 12.9. The number of nitrogens with one attached hydrogen (secondary N) is 1. The molecule has 1 atom stereocenters. The van der Waals surface area contributed by atoms with Crippen LogP contribution in [0.2, 0.25) is 5.02 Å². The normalized spacial score (nSPS) is 16.2. The Kier molecular flexibility index (Phi) is 9.68. The summed E-state index contributed by atoms with van der Waals surface area (Å²) in [5.41, 5.74) is 3.68. The van der Waals surface area contributed by atoms with Crippen LogP contribution in [0.5, 0.6) is 0 Å². The van der Waals surface area contributed by atoms with Crippen molar-refractivity contribution in [3.05, 3.63) is 76.3 Å². The van der Waals surface area contributed by atoms with Gasteiger partial charge in [-0.25, -0.2) is 4.98 Å². The van der Waals surface area contributed by atoms with E-state index in [2.05, 4.69) is 29.2 Å². The second kappa shape index (κ2) is 12.9. The SMILES string of the molecule is CC.OCCC(c1ccc(SCC2CC2)cc1)c1nc2cc(C3=CCCC=C3OC(F)F)c(Cl)cc2[nH]1. The third-order valence-electron chi connectivity index (χ3n) is 6.42. The molecular formula is C29H33ClF2N2O2S. The first-order valence-electron chi connectivity index (χ1n) is 12.9. The molecule has 0 spiro atoms. The van der Waals surface area contributed by atoms with Gasteiger partial charge in [0.05, 0.1) is 16.1 Å². The van der Waals surface area contributed by atoms with E-state index in [1.165, 1.54) is 23.5 Å². The molecule has 0 saturated heterocycles. The topological polar surface area (TPSA) is 58.1 Å². The predicted octanol–water partition coefficient (Wildman–Crippen LogP) is 8.56. The summed E-state index contributed by atoms with van der Waals surface area (Å²) in [5, 5.41) is 10.2. The number of aromatic nitrogens is 2. The number of allylic oxidation sites excluding steroid dienone is 3. The van der Waals surface area contributed by atoms with Crippen LogP contribution < -0.4 is 0 Å². The summed E-state index contributed by atoms with van der Waals surface area (Å²) < 4.78 is 30.6. The van der Waals surface area contributed by atoms with Crippen LogP contribution in [0.1, 0.15) is 68.8 Å². The molecule has 0 bridgehead atoms. The van der Waals surface area contributed by atoms with Crippen LogP contribution in [-0.4, -0.2) is 34.0 Å². The second-order valence-electron chi connectivity index (χ2n) is 9.00. The molecule has 5 rings (SSSR count). The minimum atomic E-state index is -2.90. The minimum absolute atomic E-state index is 0.0257. The molecule has 0 amide bonds. The first-order chi connectivity index (χ1) is 18.0. The lowest BCUT2D eigenvalue weighted by Crippen LogP contribution is -2.05. The lowest BCUT2D eigenvalue weighted by molar-refractivity contribution is -0.0912. The molecule has 3 aromatic rings. The number of fused-ring (bicyclic) bond motifs is 1. The van der Waals surface area contributed by atoms with Crippen molar-refractivity contribution in [1.29, 1.82) is 0 Å². The maximum absolute atomic E-state index is 12.9. The van der Waals surface area contributed by atoms with Crippen LogP contribution in [0.25, 0.3) is 16.6 Å². The zero-order valence-corrected chi connectivity index (χ0v) is 22.7. The average molecular weight is 547 g/mol. The number of rotatable bonds is 10. The zero-order valence-electron chi connectivity index (χ0n) is 21.1. The van der Waals surface area contributed by atoms with E-state index < -0.39 is 6.61 Å².